The number of thiophene rings is 1. The second-order valence-corrected chi connectivity index (χ2v) is 10.4. The number of hydrogen-bond donors (Lipinski definition) is 0. The van der Waals surface area contributed by atoms with Crippen LogP contribution in [0.4, 0.5) is 5.69 Å². The summed E-state index contributed by atoms with van der Waals surface area (Å²) in [4.78, 5) is 6.00. The summed E-state index contributed by atoms with van der Waals surface area (Å²) in [6.07, 6.45) is 0.708. The predicted molar refractivity (Wildman–Crippen MR) is 117 cm³/mol. The molecule has 6 nitrogen and oxygen atoms in total. The molecule has 0 saturated heterocycles. The highest BCUT2D eigenvalue weighted by Gasteiger charge is 2.33. The highest BCUT2D eigenvalue weighted by Crippen LogP contribution is 2.38. The average molecular weight is 458 g/mol. The average Bonchev–Trinajstić information content (AvgIpc) is 3.46. The van der Waals surface area contributed by atoms with Crippen LogP contribution in [-0.2, 0) is 16.4 Å². The molecule has 0 spiro atoms. The quantitative estimate of drug-likeness (QED) is 0.422. The van der Waals surface area contributed by atoms with Crippen LogP contribution in [0, 0.1) is 6.92 Å². The summed E-state index contributed by atoms with van der Waals surface area (Å²) in [6.45, 7) is 2.23. The van der Waals surface area contributed by atoms with E-state index in [0.29, 0.717) is 33.6 Å². The van der Waals surface area contributed by atoms with E-state index in [1.807, 2.05) is 24.3 Å². The molecule has 5 rings (SSSR count). The summed E-state index contributed by atoms with van der Waals surface area (Å²) in [5, 5.41) is 4.64. The molecule has 0 bridgehead atoms. The van der Waals surface area contributed by atoms with E-state index in [9.17, 15) is 8.42 Å². The van der Waals surface area contributed by atoms with E-state index < -0.39 is 10.0 Å². The fourth-order valence-corrected chi connectivity index (χ4v) is 6.66. The number of fused-ring (bicyclic) bond motifs is 1. The lowest BCUT2D eigenvalue weighted by atomic mass is 10.2. The van der Waals surface area contributed by atoms with E-state index in [2.05, 4.69) is 10.1 Å². The van der Waals surface area contributed by atoms with Crippen molar-refractivity contribution in [2.24, 2.45) is 0 Å². The minimum atomic E-state index is -3.68. The monoisotopic (exact) mass is 457 g/mol. The first-order valence-electron chi connectivity index (χ1n) is 9.24. The smallest absolute Gasteiger partial charge is 0.268 e. The zero-order valence-electron chi connectivity index (χ0n) is 15.9. The van der Waals surface area contributed by atoms with Crippen LogP contribution in [-0.4, -0.2) is 25.1 Å². The number of para-hydroxylation sites is 1. The summed E-state index contributed by atoms with van der Waals surface area (Å²) >= 11 is 7.25. The van der Waals surface area contributed by atoms with Gasteiger partial charge in [0.25, 0.3) is 15.9 Å². The first-order valence-corrected chi connectivity index (χ1v) is 11.9. The lowest BCUT2D eigenvalue weighted by Gasteiger charge is -2.19. The number of aryl methyl sites for hydroxylation is 1. The van der Waals surface area contributed by atoms with Gasteiger partial charge in [0, 0.05) is 22.0 Å². The second-order valence-electron chi connectivity index (χ2n) is 6.92. The minimum Gasteiger partial charge on any atom is -0.333 e. The van der Waals surface area contributed by atoms with Crippen molar-refractivity contribution in [3.05, 3.63) is 70.1 Å². The lowest BCUT2D eigenvalue weighted by molar-refractivity contribution is 0.433. The van der Waals surface area contributed by atoms with E-state index >= 15 is 0 Å². The van der Waals surface area contributed by atoms with Gasteiger partial charge >= 0.3 is 0 Å². The maximum atomic E-state index is 13.4. The molecule has 0 N–H and O–H groups in total. The van der Waals surface area contributed by atoms with Crippen LogP contribution in [0.3, 0.4) is 0 Å². The molecule has 2 aromatic heterocycles. The molecule has 3 heterocycles. The Kier molecular flexibility index (Phi) is 4.65. The number of aromatic nitrogens is 2. The third-order valence-electron chi connectivity index (χ3n) is 5.02. The molecule has 2 aromatic carbocycles. The van der Waals surface area contributed by atoms with Gasteiger partial charge in [-0.3, -0.25) is 4.31 Å². The Morgan fingerprint density at radius 3 is 2.70 bits per heavy atom. The predicted octanol–water partition coefficient (Wildman–Crippen LogP) is 5.18. The molecule has 1 aliphatic heterocycles. The number of nitrogens with zero attached hydrogens (tertiary/aromatic N) is 3. The zero-order chi connectivity index (χ0) is 20.9. The molecule has 152 valence electrons. The Hall–Kier alpha value is -2.68. The van der Waals surface area contributed by atoms with Crippen LogP contribution >= 0.6 is 22.9 Å². The Morgan fingerprint density at radius 2 is 1.90 bits per heavy atom. The molecular formula is C21H16ClN3O3S2. The summed E-state index contributed by atoms with van der Waals surface area (Å²) in [6, 6.07) is 16.3. The molecule has 0 saturated carbocycles. The van der Waals surface area contributed by atoms with Crippen LogP contribution in [0.2, 0.25) is 5.02 Å². The highest BCUT2D eigenvalue weighted by molar-refractivity contribution is 7.93. The Labute approximate surface area is 182 Å². The maximum absolute atomic E-state index is 13.4. The van der Waals surface area contributed by atoms with Gasteiger partial charge in [0.15, 0.2) is 0 Å². The first-order chi connectivity index (χ1) is 14.4. The van der Waals surface area contributed by atoms with Gasteiger partial charge in [0.05, 0.1) is 10.6 Å². The number of halogens is 1. The number of rotatable bonds is 4. The highest BCUT2D eigenvalue weighted by atomic mass is 35.5. The van der Waals surface area contributed by atoms with E-state index in [1.54, 1.807) is 37.3 Å². The van der Waals surface area contributed by atoms with E-state index in [1.165, 1.54) is 15.6 Å². The minimum absolute atomic E-state index is 0.269. The summed E-state index contributed by atoms with van der Waals surface area (Å²) in [7, 11) is -3.68. The zero-order valence-corrected chi connectivity index (χ0v) is 18.3. The number of benzene rings is 2. The topological polar surface area (TPSA) is 76.3 Å². The van der Waals surface area contributed by atoms with Crippen LogP contribution in [0.25, 0.3) is 22.2 Å². The lowest BCUT2D eigenvalue weighted by Crippen LogP contribution is -2.29. The van der Waals surface area contributed by atoms with Crippen LogP contribution in [0.5, 0.6) is 0 Å². The van der Waals surface area contributed by atoms with Gasteiger partial charge in [-0.25, -0.2) is 8.42 Å². The van der Waals surface area contributed by atoms with Crippen LogP contribution in [0.1, 0.15) is 10.4 Å². The van der Waals surface area contributed by atoms with Gasteiger partial charge < -0.3 is 4.52 Å². The van der Waals surface area contributed by atoms with Crippen molar-refractivity contribution in [1.29, 1.82) is 0 Å². The van der Waals surface area contributed by atoms with Crippen molar-refractivity contribution in [3.8, 4) is 22.2 Å². The fraction of sp³-hybridized carbons (Fsp3) is 0.143. The second kappa shape index (κ2) is 7.23. The van der Waals surface area contributed by atoms with E-state index in [-0.39, 0.29) is 10.8 Å². The molecule has 1 aliphatic rings. The molecular weight excluding hydrogens is 442 g/mol. The Bertz CT molecular complexity index is 1340. The van der Waals surface area contributed by atoms with Gasteiger partial charge in [-0.1, -0.05) is 35.0 Å². The number of hydrogen-bond acceptors (Lipinski definition) is 6. The van der Waals surface area contributed by atoms with Gasteiger partial charge in [0.2, 0.25) is 5.82 Å². The fourth-order valence-electron chi connectivity index (χ4n) is 3.54. The van der Waals surface area contributed by atoms with Crippen LogP contribution in [0.15, 0.2) is 64.0 Å². The summed E-state index contributed by atoms with van der Waals surface area (Å²) in [5.74, 6) is 0.710. The molecule has 0 aliphatic carbocycles. The van der Waals surface area contributed by atoms with E-state index in [0.717, 1.165) is 16.8 Å². The van der Waals surface area contributed by atoms with Crippen molar-refractivity contribution >= 4 is 38.6 Å². The molecule has 0 unspecified atom stereocenters. The molecule has 0 radical (unpaired) electrons. The van der Waals surface area contributed by atoms with Gasteiger partial charge in [0.1, 0.15) is 4.90 Å². The molecule has 0 fully saturated rings. The standard InChI is InChI=1S/C21H16ClN3O3S2/c1-13-19(30(26,27)25-11-10-14-4-2-3-5-17(14)25)12-18(29-13)21-23-20(24-28-21)15-6-8-16(22)9-7-15/h2-9,12H,10-11H2,1H3. The third-order valence-corrected chi connectivity index (χ3v) is 8.38. The SMILES string of the molecule is Cc1sc(-c2nc(-c3ccc(Cl)cc3)no2)cc1S(=O)(=O)N1CCc2ccccc21. The molecule has 30 heavy (non-hydrogen) atoms. The first kappa shape index (κ1) is 19.3. The van der Waals surface area contributed by atoms with Gasteiger partial charge in [-0.05, 0) is 55.3 Å². The van der Waals surface area contributed by atoms with Gasteiger partial charge in [-0.2, -0.15) is 4.98 Å². The Balaban J connectivity index is 1.49. The number of anilines is 1. The molecule has 4 aromatic rings. The van der Waals surface area contributed by atoms with Crippen molar-refractivity contribution in [2.45, 2.75) is 18.2 Å². The van der Waals surface area contributed by atoms with Crippen molar-refractivity contribution in [1.82, 2.24) is 10.1 Å². The molecule has 0 amide bonds. The molecule has 9 heteroatoms. The Morgan fingerprint density at radius 1 is 1.13 bits per heavy atom. The normalized spacial score (nSPS) is 13.6. The van der Waals surface area contributed by atoms with E-state index in [4.69, 9.17) is 16.1 Å². The summed E-state index contributed by atoms with van der Waals surface area (Å²) in [5.41, 5.74) is 2.55. The summed E-state index contributed by atoms with van der Waals surface area (Å²) < 4.78 is 33.6. The van der Waals surface area contributed by atoms with Crippen LogP contribution < -0.4 is 4.31 Å². The van der Waals surface area contributed by atoms with Crippen molar-refractivity contribution in [3.63, 3.8) is 0 Å². The maximum Gasteiger partial charge on any atom is 0.268 e. The number of sulfonamides is 1. The van der Waals surface area contributed by atoms with Crippen molar-refractivity contribution < 1.29 is 12.9 Å². The molecule has 0 atom stereocenters. The third kappa shape index (κ3) is 3.21. The largest absolute Gasteiger partial charge is 0.333 e. The van der Waals surface area contributed by atoms with Gasteiger partial charge in [-0.15, -0.1) is 11.3 Å². The van der Waals surface area contributed by atoms with Crippen molar-refractivity contribution in [2.75, 3.05) is 10.8 Å².